The van der Waals surface area contributed by atoms with E-state index < -0.39 is 10.8 Å². The summed E-state index contributed by atoms with van der Waals surface area (Å²) in [5, 5.41) is 0. The van der Waals surface area contributed by atoms with Crippen LogP contribution in [0.4, 0.5) is 4.39 Å². The van der Waals surface area contributed by atoms with Crippen molar-refractivity contribution >= 4 is 10.8 Å². The number of nitrogens with two attached hydrogens (primary N) is 1. The van der Waals surface area contributed by atoms with E-state index in [1.807, 2.05) is 0 Å². The summed E-state index contributed by atoms with van der Waals surface area (Å²) in [7, 11) is -0.971. The zero-order valence-electron chi connectivity index (χ0n) is 7.20. The lowest BCUT2D eigenvalue weighted by Gasteiger charge is -2.00. The number of halogens is 1. The lowest BCUT2D eigenvalue weighted by Crippen LogP contribution is -2.11. The lowest BCUT2D eigenvalue weighted by atomic mass is 10.2. The maximum absolute atomic E-state index is 12.7. The fourth-order valence-corrected chi connectivity index (χ4v) is 1.97. The molecule has 0 aliphatic carbocycles. The number of benzene rings is 1. The van der Waals surface area contributed by atoms with E-state index in [0.29, 0.717) is 18.1 Å². The van der Waals surface area contributed by atoms with Gasteiger partial charge in [-0.3, -0.25) is 4.21 Å². The minimum absolute atomic E-state index is 0.290. The molecule has 72 valence electrons. The van der Waals surface area contributed by atoms with E-state index in [0.717, 1.165) is 5.56 Å². The summed E-state index contributed by atoms with van der Waals surface area (Å²) in [5.41, 5.74) is 6.00. The molecule has 2 nitrogen and oxygen atoms in total. The summed E-state index contributed by atoms with van der Waals surface area (Å²) >= 11 is 0. The summed E-state index contributed by atoms with van der Waals surface area (Å²) in [4.78, 5) is 0. The molecule has 1 aromatic carbocycles. The van der Waals surface area contributed by atoms with Crippen LogP contribution in [0.3, 0.4) is 0 Å². The molecule has 0 bridgehead atoms. The van der Waals surface area contributed by atoms with Crippen molar-refractivity contribution in [3.05, 3.63) is 35.6 Å². The van der Waals surface area contributed by atoms with Crippen LogP contribution in [-0.4, -0.2) is 16.5 Å². The number of hydrogen-bond donors (Lipinski definition) is 1. The zero-order valence-corrected chi connectivity index (χ0v) is 8.02. The summed E-state index contributed by atoms with van der Waals surface area (Å²) in [6, 6.07) is 6.14. The fraction of sp³-hybridized carbons (Fsp3) is 0.333. The normalized spacial score (nSPS) is 12.8. The van der Waals surface area contributed by atoms with E-state index in [1.165, 1.54) is 12.1 Å². The Bertz CT molecular complexity index is 303. The Hall–Kier alpha value is -0.740. The minimum atomic E-state index is -0.971. The van der Waals surface area contributed by atoms with Crippen LogP contribution in [0.2, 0.25) is 0 Å². The Morgan fingerprint density at radius 3 is 2.85 bits per heavy atom. The molecule has 0 heterocycles. The van der Waals surface area contributed by atoms with Crippen molar-refractivity contribution in [2.24, 2.45) is 5.73 Å². The summed E-state index contributed by atoms with van der Waals surface area (Å²) in [6.45, 7) is 0.405. The van der Waals surface area contributed by atoms with E-state index in [1.54, 1.807) is 12.1 Å². The van der Waals surface area contributed by atoms with E-state index in [2.05, 4.69) is 0 Å². The first-order valence-corrected chi connectivity index (χ1v) is 5.50. The second-order valence-electron chi connectivity index (χ2n) is 2.71. The Balaban J connectivity index is 2.58. The van der Waals surface area contributed by atoms with Crippen LogP contribution in [0.5, 0.6) is 0 Å². The van der Waals surface area contributed by atoms with Crippen molar-refractivity contribution in [1.82, 2.24) is 0 Å². The molecule has 0 amide bonds. The predicted molar refractivity (Wildman–Crippen MR) is 52.2 cm³/mol. The highest BCUT2D eigenvalue weighted by molar-refractivity contribution is 7.84. The summed E-state index contributed by atoms with van der Waals surface area (Å²) in [5.74, 6) is 0.563. The van der Waals surface area contributed by atoms with E-state index in [4.69, 9.17) is 5.73 Å². The molecular weight excluding hydrogens is 189 g/mol. The highest BCUT2D eigenvalue weighted by Gasteiger charge is 2.01. The second-order valence-corrected chi connectivity index (χ2v) is 4.28. The molecule has 0 spiro atoms. The maximum Gasteiger partial charge on any atom is 0.123 e. The predicted octanol–water partition coefficient (Wildman–Crippen LogP) is 1.03. The first-order chi connectivity index (χ1) is 6.22. The highest BCUT2D eigenvalue weighted by Crippen LogP contribution is 2.06. The Morgan fingerprint density at radius 2 is 2.23 bits per heavy atom. The van der Waals surface area contributed by atoms with Gasteiger partial charge in [0.15, 0.2) is 0 Å². The minimum Gasteiger partial charge on any atom is -0.330 e. The Kier molecular flexibility index (Phi) is 4.05. The van der Waals surface area contributed by atoms with Crippen molar-refractivity contribution in [3.8, 4) is 0 Å². The van der Waals surface area contributed by atoms with Gasteiger partial charge in [0.2, 0.25) is 0 Å². The van der Waals surface area contributed by atoms with Crippen LogP contribution in [0.25, 0.3) is 0 Å². The molecule has 0 fully saturated rings. The third-order valence-corrected chi connectivity index (χ3v) is 2.91. The van der Waals surface area contributed by atoms with Gasteiger partial charge in [0.1, 0.15) is 5.82 Å². The topological polar surface area (TPSA) is 43.1 Å². The fourth-order valence-electron chi connectivity index (χ4n) is 1.02. The third kappa shape index (κ3) is 3.65. The van der Waals surface area contributed by atoms with E-state index in [9.17, 15) is 8.60 Å². The van der Waals surface area contributed by atoms with Gasteiger partial charge in [-0.05, 0) is 17.7 Å². The quantitative estimate of drug-likeness (QED) is 0.790. The molecule has 4 heteroatoms. The van der Waals surface area contributed by atoms with Crippen molar-refractivity contribution in [2.75, 3.05) is 12.3 Å². The lowest BCUT2D eigenvalue weighted by molar-refractivity contribution is 0.626. The molecule has 0 aromatic heterocycles. The molecule has 0 radical (unpaired) electrons. The van der Waals surface area contributed by atoms with Gasteiger partial charge in [0.05, 0.1) is 0 Å². The molecule has 0 aliphatic heterocycles. The molecule has 13 heavy (non-hydrogen) atoms. The van der Waals surface area contributed by atoms with Crippen LogP contribution < -0.4 is 5.73 Å². The van der Waals surface area contributed by atoms with Gasteiger partial charge in [0, 0.05) is 28.9 Å². The average Bonchev–Trinajstić information content (AvgIpc) is 2.04. The SMILES string of the molecule is NCCS(=O)Cc1cccc(F)c1. The van der Waals surface area contributed by atoms with Crippen LogP contribution in [-0.2, 0) is 16.6 Å². The van der Waals surface area contributed by atoms with Crippen LogP contribution in [0, 0.1) is 5.82 Å². The molecule has 0 saturated carbocycles. The molecular formula is C9H12FNOS. The van der Waals surface area contributed by atoms with Gasteiger partial charge < -0.3 is 5.73 Å². The zero-order chi connectivity index (χ0) is 9.68. The molecule has 2 N–H and O–H groups in total. The third-order valence-electron chi connectivity index (χ3n) is 1.56. The van der Waals surface area contributed by atoms with E-state index >= 15 is 0 Å². The first-order valence-electron chi connectivity index (χ1n) is 4.02. The maximum atomic E-state index is 12.7. The van der Waals surface area contributed by atoms with Gasteiger partial charge in [-0.15, -0.1) is 0 Å². The smallest absolute Gasteiger partial charge is 0.123 e. The summed E-state index contributed by atoms with van der Waals surface area (Å²) < 4.78 is 23.9. The van der Waals surface area contributed by atoms with Crippen molar-refractivity contribution in [3.63, 3.8) is 0 Å². The van der Waals surface area contributed by atoms with Crippen LogP contribution >= 0.6 is 0 Å². The highest BCUT2D eigenvalue weighted by atomic mass is 32.2. The van der Waals surface area contributed by atoms with Gasteiger partial charge in [0.25, 0.3) is 0 Å². The largest absolute Gasteiger partial charge is 0.330 e. The standard InChI is InChI=1S/C9H12FNOS/c10-9-3-1-2-8(6-9)7-13(12)5-4-11/h1-3,6H,4-5,7,11H2. The average molecular weight is 201 g/mol. The molecule has 1 unspecified atom stereocenters. The number of rotatable bonds is 4. The molecule has 1 rings (SSSR count). The molecule has 0 saturated heterocycles. The van der Waals surface area contributed by atoms with Gasteiger partial charge in [-0.25, -0.2) is 4.39 Å². The first kappa shape index (κ1) is 10.3. The van der Waals surface area contributed by atoms with Crippen molar-refractivity contribution in [2.45, 2.75) is 5.75 Å². The van der Waals surface area contributed by atoms with Crippen LogP contribution in [0.15, 0.2) is 24.3 Å². The number of hydrogen-bond acceptors (Lipinski definition) is 2. The Labute approximate surface area is 79.4 Å². The van der Waals surface area contributed by atoms with Crippen LogP contribution in [0.1, 0.15) is 5.56 Å². The van der Waals surface area contributed by atoms with Gasteiger partial charge in [-0.2, -0.15) is 0 Å². The molecule has 0 aliphatic rings. The van der Waals surface area contributed by atoms with Crippen molar-refractivity contribution < 1.29 is 8.60 Å². The van der Waals surface area contributed by atoms with Gasteiger partial charge >= 0.3 is 0 Å². The van der Waals surface area contributed by atoms with E-state index in [-0.39, 0.29) is 5.82 Å². The van der Waals surface area contributed by atoms with Crippen molar-refractivity contribution in [1.29, 1.82) is 0 Å². The second kappa shape index (κ2) is 5.09. The summed E-state index contributed by atoms with van der Waals surface area (Å²) in [6.07, 6.45) is 0. The molecule has 1 aromatic rings. The monoisotopic (exact) mass is 201 g/mol. The molecule has 1 atom stereocenters. The van der Waals surface area contributed by atoms with Gasteiger partial charge in [-0.1, -0.05) is 12.1 Å². The Morgan fingerprint density at radius 1 is 1.46 bits per heavy atom.